The molecule has 15 heavy (non-hydrogen) atoms. The normalized spacial score (nSPS) is 25.7. The quantitative estimate of drug-likeness (QED) is 0.821. The highest BCUT2D eigenvalue weighted by Gasteiger charge is 2.22. The summed E-state index contributed by atoms with van der Waals surface area (Å²) in [5, 5.41) is 13.6. The number of aromatic nitrogens is 2. The van der Waals surface area contributed by atoms with E-state index in [1.165, 1.54) is 11.5 Å². The van der Waals surface area contributed by atoms with E-state index in [1.54, 1.807) is 0 Å². The molecule has 5 heteroatoms. The van der Waals surface area contributed by atoms with E-state index < -0.39 is 0 Å². The molecule has 0 amide bonds. The maximum absolute atomic E-state index is 9.39. The summed E-state index contributed by atoms with van der Waals surface area (Å²) >= 11 is 1.42. The van der Waals surface area contributed by atoms with Crippen LogP contribution in [0.25, 0.3) is 0 Å². The number of aliphatic hydroxyl groups excluding tert-OH is 1. The van der Waals surface area contributed by atoms with Gasteiger partial charge in [-0.3, -0.25) is 0 Å². The molecule has 1 aromatic heterocycles. The molecule has 1 aliphatic carbocycles. The third-order valence-electron chi connectivity index (χ3n) is 2.84. The Balaban J connectivity index is 1.77. The van der Waals surface area contributed by atoms with Gasteiger partial charge in [0.1, 0.15) is 5.82 Å². The standard InChI is InChI=1S/C10H17N3OS/c1-2-9-12-10(15-13-9)11-6-7-3-4-8(14)5-7/h7-8,14H,2-6H2,1H3,(H,11,12,13). The van der Waals surface area contributed by atoms with Gasteiger partial charge in [0, 0.05) is 24.5 Å². The summed E-state index contributed by atoms with van der Waals surface area (Å²) in [6.07, 6.45) is 3.79. The largest absolute Gasteiger partial charge is 0.393 e. The molecule has 0 saturated heterocycles. The number of aryl methyl sites for hydroxylation is 1. The van der Waals surface area contributed by atoms with Gasteiger partial charge in [-0.15, -0.1) is 0 Å². The predicted molar refractivity (Wildman–Crippen MR) is 61.1 cm³/mol. The van der Waals surface area contributed by atoms with Crippen molar-refractivity contribution in [2.75, 3.05) is 11.9 Å². The Morgan fingerprint density at radius 1 is 1.53 bits per heavy atom. The zero-order valence-electron chi connectivity index (χ0n) is 8.94. The van der Waals surface area contributed by atoms with Crippen LogP contribution in [0, 0.1) is 5.92 Å². The highest BCUT2D eigenvalue weighted by atomic mass is 32.1. The molecule has 0 bridgehead atoms. The van der Waals surface area contributed by atoms with E-state index in [0.29, 0.717) is 5.92 Å². The van der Waals surface area contributed by atoms with E-state index in [0.717, 1.165) is 43.2 Å². The third kappa shape index (κ3) is 2.89. The number of nitrogens with one attached hydrogen (secondary N) is 1. The summed E-state index contributed by atoms with van der Waals surface area (Å²) in [6.45, 7) is 2.97. The van der Waals surface area contributed by atoms with Gasteiger partial charge in [0.05, 0.1) is 6.10 Å². The van der Waals surface area contributed by atoms with Crippen molar-refractivity contribution in [1.29, 1.82) is 0 Å². The van der Waals surface area contributed by atoms with Crippen molar-refractivity contribution in [3.05, 3.63) is 5.82 Å². The van der Waals surface area contributed by atoms with Crippen LogP contribution in [0.3, 0.4) is 0 Å². The lowest BCUT2D eigenvalue weighted by Crippen LogP contribution is -2.12. The molecule has 2 N–H and O–H groups in total. The molecule has 1 aromatic rings. The van der Waals surface area contributed by atoms with Crippen LogP contribution in [0.5, 0.6) is 0 Å². The van der Waals surface area contributed by atoms with E-state index >= 15 is 0 Å². The van der Waals surface area contributed by atoms with Crippen LogP contribution in [-0.4, -0.2) is 27.1 Å². The molecule has 1 heterocycles. The molecule has 84 valence electrons. The lowest BCUT2D eigenvalue weighted by Gasteiger charge is -2.08. The number of anilines is 1. The summed E-state index contributed by atoms with van der Waals surface area (Å²) in [5.74, 6) is 1.50. The first kappa shape index (κ1) is 10.8. The number of nitrogens with zero attached hydrogens (tertiary/aromatic N) is 2. The van der Waals surface area contributed by atoms with Crippen molar-refractivity contribution in [2.24, 2.45) is 5.92 Å². The molecule has 0 radical (unpaired) electrons. The van der Waals surface area contributed by atoms with Crippen LogP contribution in [0.1, 0.15) is 32.0 Å². The minimum atomic E-state index is -0.0857. The van der Waals surface area contributed by atoms with Gasteiger partial charge in [0.25, 0.3) is 0 Å². The Bertz CT molecular complexity index is 315. The first-order valence-electron chi connectivity index (χ1n) is 5.52. The molecule has 1 aliphatic rings. The minimum absolute atomic E-state index is 0.0857. The van der Waals surface area contributed by atoms with Crippen LogP contribution in [0.2, 0.25) is 0 Å². The van der Waals surface area contributed by atoms with E-state index in [-0.39, 0.29) is 6.10 Å². The van der Waals surface area contributed by atoms with Gasteiger partial charge in [-0.2, -0.15) is 4.37 Å². The summed E-state index contributed by atoms with van der Waals surface area (Å²) in [5.41, 5.74) is 0. The summed E-state index contributed by atoms with van der Waals surface area (Å²) in [7, 11) is 0. The van der Waals surface area contributed by atoms with Gasteiger partial charge < -0.3 is 10.4 Å². The number of aliphatic hydroxyl groups is 1. The summed E-state index contributed by atoms with van der Waals surface area (Å²) in [4.78, 5) is 4.34. The van der Waals surface area contributed by atoms with Crippen LogP contribution in [-0.2, 0) is 6.42 Å². The average molecular weight is 227 g/mol. The third-order valence-corrected chi connectivity index (χ3v) is 3.55. The van der Waals surface area contributed by atoms with Gasteiger partial charge in [-0.25, -0.2) is 4.98 Å². The maximum atomic E-state index is 9.39. The van der Waals surface area contributed by atoms with Crippen LogP contribution >= 0.6 is 11.5 Å². The van der Waals surface area contributed by atoms with E-state index in [1.807, 2.05) is 0 Å². The lowest BCUT2D eigenvalue weighted by molar-refractivity contribution is 0.178. The summed E-state index contributed by atoms with van der Waals surface area (Å²) in [6, 6.07) is 0. The highest BCUT2D eigenvalue weighted by Crippen LogP contribution is 2.25. The molecule has 4 nitrogen and oxygen atoms in total. The molecule has 1 saturated carbocycles. The second-order valence-corrected chi connectivity index (χ2v) is 4.83. The van der Waals surface area contributed by atoms with Gasteiger partial charge >= 0.3 is 0 Å². The molecule has 0 spiro atoms. The molecule has 0 aliphatic heterocycles. The predicted octanol–water partition coefficient (Wildman–Crippen LogP) is 1.67. The number of rotatable bonds is 4. The fourth-order valence-electron chi connectivity index (χ4n) is 1.93. The SMILES string of the molecule is CCc1nsc(NCC2CCC(O)C2)n1. The Labute approximate surface area is 93.9 Å². The average Bonchev–Trinajstić information content (AvgIpc) is 2.83. The molecule has 2 rings (SSSR count). The van der Waals surface area contributed by atoms with Crippen molar-refractivity contribution < 1.29 is 5.11 Å². The first-order valence-corrected chi connectivity index (χ1v) is 6.29. The van der Waals surface area contributed by atoms with Crippen molar-refractivity contribution in [2.45, 2.75) is 38.7 Å². The van der Waals surface area contributed by atoms with Crippen molar-refractivity contribution in [3.8, 4) is 0 Å². The lowest BCUT2D eigenvalue weighted by atomic mass is 10.1. The number of hydrogen-bond donors (Lipinski definition) is 2. The van der Waals surface area contributed by atoms with Gasteiger partial charge in [-0.1, -0.05) is 6.92 Å². The van der Waals surface area contributed by atoms with Crippen molar-refractivity contribution >= 4 is 16.7 Å². The Kier molecular flexibility index (Phi) is 3.53. The molecule has 0 aromatic carbocycles. The second-order valence-electron chi connectivity index (χ2n) is 4.08. The Morgan fingerprint density at radius 3 is 3.00 bits per heavy atom. The Hall–Kier alpha value is -0.680. The fourth-order valence-corrected chi connectivity index (χ4v) is 2.59. The molecule has 1 fully saturated rings. The van der Waals surface area contributed by atoms with Crippen LogP contribution < -0.4 is 5.32 Å². The van der Waals surface area contributed by atoms with Gasteiger partial charge in [-0.05, 0) is 25.2 Å². The minimum Gasteiger partial charge on any atom is -0.393 e. The van der Waals surface area contributed by atoms with Crippen LogP contribution in [0.15, 0.2) is 0 Å². The van der Waals surface area contributed by atoms with Crippen molar-refractivity contribution in [1.82, 2.24) is 9.36 Å². The second kappa shape index (κ2) is 4.90. The Morgan fingerprint density at radius 2 is 2.40 bits per heavy atom. The maximum Gasteiger partial charge on any atom is 0.202 e. The van der Waals surface area contributed by atoms with E-state index in [2.05, 4.69) is 21.6 Å². The van der Waals surface area contributed by atoms with Crippen molar-refractivity contribution in [3.63, 3.8) is 0 Å². The van der Waals surface area contributed by atoms with Crippen LogP contribution in [0.4, 0.5) is 5.13 Å². The summed E-state index contributed by atoms with van der Waals surface area (Å²) < 4.78 is 4.21. The molecule has 2 unspecified atom stereocenters. The van der Waals surface area contributed by atoms with E-state index in [9.17, 15) is 5.11 Å². The highest BCUT2D eigenvalue weighted by molar-refractivity contribution is 7.09. The fraction of sp³-hybridized carbons (Fsp3) is 0.800. The topological polar surface area (TPSA) is 58.0 Å². The zero-order chi connectivity index (χ0) is 10.7. The van der Waals surface area contributed by atoms with Gasteiger partial charge in [0.15, 0.2) is 0 Å². The monoisotopic (exact) mass is 227 g/mol. The molecular formula is C10H17N3OS. The zero-order valence-corrected chi connectivity index (χ0v) is 9.76. The van der Waals surface area contributed by atoms with E-state index in [4.69, 9.17) is 0 Å². The molecule has 2 atom stereocenters. The van der Waals surface area contributed by atoms with Gasteiger partial charge in [0.2, 0.25) is 5.13 Å². The molecular weight excluding hydrogens is 210 g/mol. The first-order chi connectivity index (χ1) is 7.28. The number of hydrogen-bond acceptors (Lipinski definition) is 5. The smallest absolute Gasteiger partial charge is 0.202 e.